The van der Waals surface area contributed by atoms with Gasteiger partial charge in [0.25, 0.3) is 0 Å². The van der Waals surface area contributed by atoms with Gasteiger partial charge in [0.1, 0.15) is 36.3 Å². The molecule has 9 N–H and O–H groups in total. The summed E-state index contributed by atoms with van der Waals surface area (Å²) in [5, 5.41) is 35.6. The molecule has 26 heteroatoms. The van der Waals surface area contributed by atoms with E-state index in [1.165, 1.54) is 45.6 Å². The van der Waals surface area contributed by atoms with E-state index in [9.17, 15) is 72.5 Å². The second-order valence-electron chi connectivity index (χ2n) is 17.7. The molecule has 26 nitrogen and oxygen atoms in total. The highest BCUT2D eigenvalue weighted by Gasteiger charge is 2.30. The Labute approximate surface area is 437 Å². The fourth-order valence-electron chi connectivity index (χ4n) is 7.41. The summed E-state index contributed by atoms with van der Waals surface area (Å²) in [4.78, 5) is 162. The van der Waals surface area contributed by atoms with Gasteiger partial charge in [-0.25, -0.2) is 28.8 Å². The van der Waals surface area contributed by atoms with Crippen LogP contribution in [-0.4, -0.2) is 159 Å². The van der Waals surface area contributed by atoms with Gasteiger partial charge in [-0.3, -0.25) is 33.6 Å². The number of esters is 4. The Morgan fingerprint density at radius 2 is 0.533 bits per heavy atom. The number of methoxy groups -OCH3 is 4. The Bertz CT molecular complexity index is 1880. The first-order chi connectivity index (χ1) is 35.7. The number of carbonyl (C=O) groups excluding carboxylic acids is 11. The van der Waals surface area contributed by atoms with Crippen LogP contribution in [0.5, 0.6) is 0 Å². The Hall–Kier alpha value is -6.89. The number of hydrogen-bond donors (Lipinski definition) is 9. The molecule has 0 aliphatic heterocycles. The second kappa shape index (κ2) is 40.5. The Morgan fingerprint density at radius 1 is 0.320 bits per heavy atom. The Balaban J connectivity index is 5.27. The maximum absolute atomic E-state index is 13.0. The molecule has 426 valence electrons. The van der Waals surface area contributed by atoms with Gasteiger partial charge < -0.3 is 66.4 Å². The van der Waals surface area contributed by atoms with Crippen molar-refractivity contribution < 1.29 is 91.5 Å². The Morgan fingerprint density at radius 3 is 0.773 bits per heavy atom. The molecule has 0 rings (SSSR count). The molecule has 0 aromatic rings. The zero-order chi connectivity index (χ0) is 56.7. The van der Waals surface area contributed by atoms with Gasteiger partial charge in [0.15, 0.2) is 0 Å². The number of ether oxygens (including phenoxy) is 4. The largest absolute Gasteiger partial charge is 0.480 e. The van der Waals surface area contributed by atoms with Crippen molar-refractivity contribution in [3.05, 3.63) is 0 Å². The van der Waals surface area contributed by atoms with Crippen LogP contribution in [0.3, 0.4) is 0 Å². The van der Waals surface area contributed by atoms with Crippen LogP contribution >= 0.6 is 0 Å². The minimum atomic E-state index is -1.42. The highest BCUT2D eigenvalue weighted by molar-refractivity contribution is 5.90. The lowest BCUT2D eigenvalue weighted by atomic mass is 10.0. The molecule has 0 fully saturated rings. The molecule has 0 aliphatic rings. The third-order valence-corrected chi connectivity index (χ3v) is 11.8. The highest BCUT2D eigenvalue weighted by atomic mass is 16.5. The number of nitrogens with one attached hydrogen (secondary N) is 7. The zero-order valence-corrected chi connectivity index (χ0v) is 44.3. The fourth-order valence-corrected chi connectivity index (χ4v) is 7.41. The van der Waals surface area contributed by atoms with Crippen LogP contribution in [0, 0.1) is 0 Å². The van der Waals surface area contributed by atoms with E-state index in [0.717, 1.165) is 54.1 Å². The molecule has 0 radical (unpaired) electrons. The summed E-state index contributed by atoms with van der Waals surface area (Å²) in [5.41, 5.74) is 0. The number of amides is 7. The summed E-state index contributed by atoms with van der Waals surface area (Å²) in [7, 11) is 5.47. The van der Waals surface area contributed by atoms with Crippen LogP contribution in [0.1, 0.15) is 161 Å². The number of carboxylic acid groups (broad SMARTS) is 2. The van der Waals surface area contributed by atoms with Crippen molar-refractivity contribution in [2.45, 2.75) is 197 Å². The van der Waals surface area contributed by atoms with Crippen molar-refractivity contribution in [2.75, 3.05) is 35.5 Å². The average Bonchev–Trinajstić information content (AvgIpc) is 3.38. The van der Waals surface area contributed by atoms with E-state index >= 15 is 0 Å². The second-order valence-corrected chi connectivity index (χ2v) is 17.7. The first-order valence-corrected chi connectivity index (χ1v) is 25.4. The number of unbranched alkanes of at least 4 members (excludes halogenated alkanes) is 10. The molecule has 0 aromatic heterocycles. The summed E-state index contributed by atoms with van der Waals surface area (Å²) < 4.78 is 19.0. The molecule has 75 heavy (non-hydrogen) atoms. The Kier molecular flexibility index (Phi) is 36.8. The van der Waals surface area contributed by atoms with Crippen molar-refractivity contribution in [1.29, 1.82) is 0 Å². The van der Waals surface area contributed by atoms with Gasteiger partial charge in [-0.2, -0.15) is 0 Å². The topological polar surface area (TPSA) is 384 Å². The molecule has 0 saturated carbocycles. The molecule has 6 unspecified atom stereocenters. The standard InChI is InChI=1S/C49H81N7O19/c1-7-8-9-10-11-12-13-14-15-16-17-18-38(58)51-32(45(66)67)20-26-40(60)53-34(47(69)73-4)22-28-42(62)55-36(49(71)75-6)24-30-43(63)56-35(48(70)74-5)23-29-41(61)54-33(46(68)72-3)21-27-39(59)52-31(44(64)65)19-25-37(57)50-2/h31-36H,7-30H2,1-6H3,(H,50,57)(H,51,58)(H,52,59)(H,53,60)(H,54,61)(H,55,62)(H,56,63)(H,64,65)(H,66,67). The number of rotatable bonds is 42. The maximum atomic E-state index is 13.0. The average molecular weight is 1070 g/mol. The summed E-state index contributed by atoms with van der Waals surface area (Å²) in [6.07, 6.45) is 7.73. The third kappa shape index (κ3) is 32.1. The summed E-state index contributed by atoms with van der Waals surface area (Å²) in [5.74, 6) is -11.5. The smallest absolute Gasteiger partial charge is 0.328 e. The van der Waals surface area contributed by atoms with Crippen molar-refractivity contribution in [3.63, 3.8) is 0 Å². The van der Waals surface area contributed by atoms with E-state index in [-0.39, 0.29) is 51.4 Å². The molecule has 0 spiro atoms. The van der Waals surface area contributed by atoms with Crippen LogP contribution in [0.25, 0.3) is 0 Å². The van der Waals surface area contributed by atoms with Gasteiger partial charge in [-0.1, -0.05) is 71.1 Å². The lowest BCUT2D eigenvalue weighted by Gasteiger charge is -2.20. The van der Waals surface area contributed by atoms with E-state index in [2.05, 4.69) is 44.1 Å². The van der Waals surface area contributed by atoms with Crippen LogP contribution in [0.15, 0.2) is 0 Å². The zero-order valence-electron chi connectivity index (χ0n) is 44.3. The quantitative estimate of drug-likeness (QED) is 0.0233. The van der Waals surface area contributed by atoms with E-state index in [1.54, 1.807) is 0 Å². The number of carboxylic acids is 2. The highest BCUT2D eigenvalue weighted by Crippen LogP contribution is 2.13. The lowest BCUT2D eigenvalue weighted by Crippen LogP contribution is -2.46. The van der Waals surface area contributed by atoms with Crippen LogP contribution in [-0.2, 0) is 81.3 Å². The molecule has 0 aliphatic carbocycles. The predicted octanol–water partition coefficient (Wildman–Crippen LogP) is 0.885. The van der Waals surface area contributed by atoms with Crippen molar-refractivity contribution >= 4 is 77.2 Å². The van der Waals surface area contributed by atoms with Gasteiger partial charge >= 0.3 is 35.8 Å². The molecule has 0 saturated heterocycles. The SMILES string of the molecule is CCCCCCCCCCCCCC(=O)NC(CCC(=O)NC(CCC(=O)NC(CCC(=O)NC(CCC(=O)NC(CCC(=O)NC(CCC(=O)NC)C(=O)O)C(=O)OC)C(=O)OC)C(=O)OC)C(=O)OC)C(=O)O. The van der Waals surface area contributed by atoms with Gasteiger partial charge in [0, 0.05) is 52.0 Å². The van der Waals surface area contributed by atoms with Crippen molar-refractivity contribution in [3.8, 4) is 0 Å². The maximum Gasteiger partial charge on any atom is 0.328 e. The molecule has 6 atom stereocenters. The van der Waals surface area contributed by atoms with Crippen molar-refractivity contribution in [2.24, 2.45) is 0 Å². The summed E-state index contributed by atoms with van der Waals surface area (Å²) in [6, 6.07) is -8.39. The molecular formula is C49H81N7O19. The third-order valence-electron chi connectivity index (χ3n) is 11.8. The van der Waals surface area contributed by atoms with Gasteiger partial charge in [0.05, 0.1) is 28.4 Å². The van der Waals surface area contributed by atoms with E-state index in [1.807, 2.05) is 0 Å². The number of hydrogen-bond acceptors (Lipinski definition) is 17. The molecular weight excluding hydrogens is 991 g/mol. The molecule has 0 heterocycles. The number of carbonyl (C=O) groups is 13. The predicted molar refractivity (Wildman–Crippen MR) is 265 cm³/mol. The van der Waals surface area contributed by atoms with Gasteiger partial charge in [-0.05, 0) is 44.9 Å². The summed E-state index contributed by atoms with van der Waals surface area (Å²) in [6.45, 7) is 2.18. The monoisotopic (exact) mass is 1070 g/mol. The summed E-state index contributed by atoms with van der Waals surface area (Å²) >= 11 is 0. The van der Waals surface area contributed by atoms with Crippen LogP contribution in [0.2, 0.25) is 0 Å². The van der Waals surface area contributed by atoms with E-state index in [0.29, 0.717) is 6.42 Å². The fraction of sp³-hybridized carbons (Fsp3) is 0.735. The number of aliphatic carboxylic acids is 2. The lowest BCUT2D eigenvalue weighted by molar-refractivity contribution is -0.147. The molecule has 0 aromatic carbocycles. The van der Waals surface area contributed by atoms with E-state index < -0.39 is 146 Å². The van der Waals surface area contributed by atoms with Crippen molar-refractivity contribution in [1.82, 2.24) is 37.2 Å². The van der Waals surface area contributed by atoms with Gasteiger partial charge in [0.2, 0.25) is 41.4 Å². The minimum Gasteiger partial charge on any atom is -0.480 e. The van der Waals surface area contributed by atoms with Crippen LogP contribution in [0.4, 0.5) is 0 Å². The van der Waals surface area contributed by atoms with E-state index in [4.69, 9.17) is 18.9 Å². The van der Waals surface area contributed by atoms with Crippen LogP contribution < -0.4 is 37.2 Å². The molecule has 0 bridgehead atoms. The van der Waals surface area contributed by atoms with Gasteiger partial charge in [-0.15, -0.1) is 0 Å². The molecule has 7 amide bonds. The first-order valence-electron chi connectivity index (χ1n) is 25.4. The normalized spacial score (nSPS) is 13.1. The minimum absolute atomic E-state index is 0.130. The first kappa shape index (κ1) is 68.1.